The molecule has 31 heavy (non-hydrogen) atoms. The van der Waals surface area contributed by atoms with Gasteiger partial charge in [0, 0.05) is 43.1 Å². The number of aromatic nitrogens is 2. The molecule has 7 heteroatoms. The maximum Gasteiger partial charge on any atom is 0.225 e. The molecule has 6 nitrogen and oxygen atoms in total. The van der Waals surface area contributed by atoms with Crippen molar-refractivity contribution in [3.8, 4) is 0 Å². The molecule has 0 spiro atoms. The van der Waals surface area contributed by atoms with E-state index in [1.165, 1.54) is 5.56 Å². The van der Waals surface area contributed by atoms with Crippen LogP contribution in [0.15, 0.2) is 36.5 Å². The van der Waals surface area contributed by atoms with Crippen LogP contribution in [0.5, 0.6) is 0 Å². The van der Waals surface area contributed by atoms with E-state index in [2.05, 4.69) is 31.2 Å². The van der Waals surface area contributed by atoms with Crippen LogP contribution < -0.4 is 10.2 Å². The molecular formula is C24H32ClN5O. The molecule has 3 heterocycles. The monoisotopic (exact) mass is 441 g/mol. The SMILES string of the molecule is Cc1ccnc(N2CCC[C@@H](C(=O)NCC3CCN(Cc4ccccc4Cl)CC3)C2)n1. The Balaban J connectivity index is 1.21. The van der Waals surface area contributed by atoms with Gasteiger partial charge in [0.05, 0.1) is 5.92 Å². The zero-order chi connectivity index (χ0) is 21.6. The number of aryl methyl sites for hydroxylation is 1. The number of hydrogen-bond acceptors (Lipinski definition) is 5. The molecule has 2 fully saturated rings. The average Bonchev–Trinajstić information content (AvgIpc) is 2.80. The van der Waals surface area contributed by atoms with Crippen LogP contribution in [-0.2, 0) is 11.3 Å². The number of halogens is 1. The third-order valence-electron chi connectivity index (χ3n) is 6.48. The second-order valence-corrected chi connectivity index (χ2v) is 9.25. The maximum atomic E-state index is 12.8. The van der Waals surface area contributed by atoms with Crippen molar-refractivity contribution in [3.63, 3.8) is 0 Å². The van der Waals surface area contributed by atoms with Crippen LogP contribution in [0.2, 0.25) is 5.02 Å². The van der Waals surface area contributed by atoms with Gasteiger partial charge in [0.15, 0.2) is 0 Å². The van der Waals surface area contributed by atoms with E-state index in [9.17, 15) is 4.79 Å². The van der Waals surface area contributed by atoms with Crippen molar-refractivity contribution in [3.05, 3.63) is 52.8 Å². The van der Waals surface area contributed by atoms with Gasteiger partial charge in [-0.1, -0.05) is 29.8 Å². The highest BCUT2D eigenvalue weighted by Gasteiger charge is 2.28. The number of amides is 1. The van der Waals surface area contributed by atoms with E-state index in [4.69, 9.17) is 11.6 Å². The van der Waals surface area contributed by atoms with Crippen LogP contribution >= 0.6 is 11.6 Å². The molecule has 0 bridgehead atoms. The number of piperidine rings is 2. The number of carbonyl (C=O) groups is 1. The molecule has 2 aromatic rings. The first kappa shape index (κ1) is 22.0. The van der Waals surface area contributed by atoms with Crippen molar-refractivity contribution >= 4 is 23.5 Å². The minimum absolute atomic E-state index is 0.0122. The highest BCUT2D eigenvalue weighted by atomic mass is 35.5. The van der Waals surface area contributed by atoms with Gasteiger partial charge in [0.25, 0.3) is 0 Å². The van der Waals surface area contributed by atoms with E-state index in [-0.39, 0.29) is 11.8 Å². The van der Waals surface area contributed by atoms with Gasteiger partial charge in [-0.15, -0.1) is 0 Å². The van der Waals surface area contributed by atoms with Gasteiger partial charge >= 0.3 is 0 Å². The number of benzene rings is 1. The highest BCUT2D eigenvalue weighted by Crippen LogP contribution is 2.23. The zero-order valence-corrected chi connectivity index (χ0v) is 19.0. The van der Waals surface area contributed by atoms with Crippen molar-refractivity contribution < 1.29 is 4.79 Å². The molecule has 1 aromatic carbocycles. The van der Waals surface area contributed by atoms with Crippen molar-refractivity contribution in [2.45, 2.75) is 39.2 Å². The van der Waals surface area contributed by atoms with E-state index in [1.54, 1.807) is 6.20 Å². The van der Waals surface area contributed by atoms with Crippen LogP contribution in [-0.4, -0.2) is 53.5 Å². The maximum absolute atomic E-state index is 12.8. The summed E-state index contributed by atoms with van der Waals surface area (Å²) < 4.78 is 0. The fraction of sp³-hybridized carbons (Fsp3) is 0.542. The van der Waals surface area contributed by atoms with Gasteiger partial charge < -0.3 is 10.2 Å². The number of nitrogens with zero attached hydrogens (tertiary/aromatic N) is 4. The Morgan fingerprint density at radius 1 is 1.16 bits per heavy atom. The molecule has 2 aliphatic heterocycles. The topological polar surface area (TPSA) is 61.4 Å². The lowest BCUT2D eigenvalue weighted by atomic mass is 9.94. The third kappa shape index (κ3) is 5.95. The minimum Gasteiger partial charge on any atom is -0.356 e. The second kappa shape index (κ2) is 10.4. The Labute approximate surface area is 190 Å². The summed E-state index contributed by atoms with van der Waals surface area (Å²) in [7, 11) is 0. The number of hydrogen-bond donors (Lipinski definition) is 1. The fourth-order valence-electron chi connectivity index (χ4n) is 4.57. The molecule has 1 N–H and O–H groups in total. The molecule has 0 aliphatic carbocycles. The van der Waals surface area contributed by atoms with Crippen LogP contribution in [0.4, 0.5) is 5.95 Å². The van der Waals surface area contributed by atoms with Crippen LogP contribution in [0.1, 0.15) is 36.9 Å². The second-order valence-electron chi connectivity index (χ2n) is 8.84. The normalized spacial score (nSPS) is 20.6. The van der Waals surface area contributed by atoms with Gasteiger partial charge in [-0.3, -0.25) is 9.69 Å². The molecule has 0 saturated carbocycles. The number of nitrogens with one attached hydrogen (secondary N) is 1. The fourth-order valence-corrected chi connectivity index (χ4v) is 4.76. The number of anilines is 1. The average molecular weight is 442 g/mol. The van der Waals surface area contributed by atoms with Gasteiger partial charge in [-0.2, -0.15) is 0 Å². The van der Waals surface area contributed by atoms with E-state index in [0.29, 0.717) is 12.5 Å². The quantitative estimate of drug-likeness (QED) is 0.740. The first-order chi connectivity index (χ1) is 15.1. The first-order valence-electron chi connectivity index (χ1n) is 11.4. The van der Waals surface area contributed by atoms with Crippen molar-refractivity contribution in [1.82, 2.24) is 20.2 Å². The predicted octanol–water partition coefficient (Wildman–Crippen LogP) is 3.68. The van der Waals surface area contributed by atoms with E-state index in [1.807, 2.05) is 31.2 Å². The first-order valence-corrected chi connectivity index (χ1v) is 11.7. The van der Waals surface area contributed by atoms with Crippen molar-refractivity contribution in [2.75, 3.05) is 37.6 Å². The number of carbonyl (C=O) groups excluding carboxylic acids is 1. The lowest BCUT2D eigenvalue weighted by Crippen LogP contribution is -2.45. The Morgan fingerprint density at radius 3 is 2.74 bits per heavy atom. The standard InChI is InChI=1S/C24H32ClN5O/c1-18-8-11-26-24(28-18)30-12-4-6-21(17-30)23(31)27-15-19-9-13-29(14-10-19)16-20-5-2-3-7-22(20)25/h2-3,5,7-8,11,19,21H,4,6,9-10,12-17H2,1H3,(H,27,31)/t21-/m1/s1. The molecule has 0 radical (unpaired) electrons. The predicted molar refractivity (Wildman–Crippen MR) is 124 cm³/mol. The lowest BCUT2D eigenvalue weighted by Gasteiger charge is -2.34. The summed E-state index contributed by atoms with van der Waals surface area (Å²) in [6.45, 7) is 7.36. The summed E-state index contributed by atoms with van der Waals surface area (Å²) >= 11 is 6.30. The number of likely N-dealkylation sites (tertiary alicyclic amines) is 1. The molecule has 1 atom stereocenters. The van der Waals surface area contributed by atoms with Crippen molar-refractivity contribution in [2.24, 2.45) is 11.8 Å². The largest absolute Gasteiger partial charge is 0.356 e. The summed E-state index contributed by atoms with van der Waals surface area (Å²) in [4.78, 5) is 26.3. The van der Waals surface area contributed by atoms with Gasteiger partial charge in [-0.05, 0) is 69.3 Å². The third-order valence-corrected chi connectivity index (χ3v) is 6.85. The Morgan fingerprint density at radius 2 is 1.97 bits per heavy atom. The molecule has 166 valence electrons. The molecule has 1 amide bonds. The van der Waals surface area contributed by atoms with Crippen molar-refractivity contribution in [1.29, 1.82) is 0 Å². The van der Waals surface area contributed by atoms with E-state index in [0.717, 1.165) is 75.1 Å². The highest BCUT2D eigenvalue weighted by molar-refractivity contribution is 6.31. The molecule has 4 rings (SSSR count). The van der Waals surface area contributed by atoms with Gasteiger partial charge in [0.1, 0.15) is 0 Å². The van der Waals surface area contributed by atoms with Gasteiger partial charge in [0.2, 0.25) is 11.9 Å². The van der Waals surface area contributed by atoms with Gasteiger partial charge in [-0.25, -0.2) is 9.97 Å². The molecule has 1 aromatic heterocycles. The molecular weight excluding hydrogens is 410 g/mol. The van der Waals surface area contributed by atoms with Crippen LogP contribution in [0, 0.1) is 18.8 Å². The van der Waals surface area contributed by atoms with Crippen LogP contribution in [0.3, 0.4) is 0 Å². The Bertz CT molecular complexity index is 884. The van der Waals surface area contributed by atoms with E-state index >= 15 is 0 Å². The summed E-state index contributed by atoms with van der Waals surface area (Å²) in [5, 5.41) is 4.08. The number of rotatable bonds is 6. The van der Waals surface area contributed by atoms with E-state index < -0.39 is 0 Å². The molecule has 2 aliphatic rings. The Hall–Kier alpha value is -2.18. The van der Waals surface area contributed by atoms with Crippen LogP contribution in [0.25, 0.3) is 0 Å². The lowest BCUT2D eigenvalue weighted by molar-refractivity contribution is -0.125. The minimum atomic E-state index is 0.0122. The summed E-state index contributed by atoms with van der Waals surface area (Å²) in [6.07, 6.45) is 5.94. The molecule has 2 saturated heterocycles. The Kier molecular flexibility index (Phi) is 7.41. The summed E-state index contributed by atoms with van der Waals surface area (Å²) in [5.74, 6) is 1.48. The summed E-state index contributed by atoms with van der Waals surface area (Å²) in [5.41, 5.74) is 2.15. The smallest absolute Gasteiger partial charge is 0.225 e. The zero-order valence-electron chi connectivity index (χ0n) is 18.3. The summed E-state index contributed by atoms with van der Waals surface area (Å²) in [6, 6.07) is 9.97. The molecule has 0 unspecified atom stereocenters.